The van der Waals surface area contributed by atoms with Crippen LogP contribution >= 0.6 is 0 Å². The normalized spacial score (nSPS) is 18.5. The third kappa shape index (κ3) is 1.71. The molecular weight excluding hydrogens is 192 g/mol. The van der Waals surface area contributed by atoms with Crippen molar-refractivity contribution >= 4 is 17.9 Å². The number of guanidine groups is 1. The molecule has 1 aromatic heterocycles. The van der Waals surface area contributed by atoms with E-state index in [9.17, 15) is 4.79 Å². The molecule has 2 heterocycles. The molecule has 2 N–H and O–H groups in total. The molecule has 1 amide bonds. The first-order valence-corrected chi connectivity index (χ1v) is 4.42. The molecule has 0 spiro atoms. The first-order chi connectivity index (χ1) is 7.18. The van der Waals surface area contributed by atoms with Crippen LogP contribution in [0, 0.1) is 0 Å². The lowest BCUT2D eigenvalue weighted by atomic mass is 10.2. The monoisotopic (exact) mass is 202 g/mol. The number of rotatable bonds is 1. The number of hydrogen-bond donors (Lipinski definition) is 1. The van der Waals surface area contributed by atoms with Gasteiger partial charge < -0.3 is 10.6 Å². The summed E-state index contributed by atoms with van der Waals surface area (Å²) in [5.41, 5.74) is 6.82. The lowest BCUT2D eigenvalue weighted by Gasteiger charge is -2.10. The summed E-state index contributed by atoms with van der Waals surface area (Å²) in [5, 5.41) is 0. The van der Waals surface area contributed by atoms with Gasteiger partial charge in [-0.1, -0.05) is 6.07 Å². The van der Waals surface area contributed by atoms with E-state index in [-0.39, 0.29) is 11.9 Å². The molecule has 1 aliphatic rings. The summed E-state index contributed by atoms with van der Waals surface area (Å²) < 4.78 is 0. The van der Waals surface area contributed by atoms with Crippen molar-refractivity contribution in [3.05, 3.63) is 35.8 Å². The standard InChI is InChI=1S/C10H10N4O/c1-14-8(9(15)13-10(14)11)5-7-3-2-4-12-6-7/h2-6H,1H3,(H2,11,13,15). The molecule has 0 aliphatic carbocycles. The van der Waals surface area contributed by atoms with Crippen LogP contribution < -0.4 is 5.73 Å². The predicted octanol–water partition coefficient (Wildman–Crippen LogP) is 0.209. The Morgan fingerprint density at radius 2 is 2.33 bits per heavy atom. The first kappa shape index (κ1) is 9.39. The number of aliphatic imine (C=N–C) groups is 1. The smallest absolute Gasteiger partial charge is 0.296 e. The summed E-state index contributed by atoms with van der Waals surface area (Å²) in [4.78, 5) is 20.5. The maximum atomic E-state index is 11.4. The van der Waals surface area contributed by atoms with Crippen LogP contribution in [0.25, 0.3) is 6.08 Å². The summed E-state index contributed by atoms with van der Waals surface area (Å²) in [7, 11) is 1.70. The van der Waals surface area contributed by atoms with Crippen LogP contribution in [0.1, 0.15) is 5.56 Å². The van der Waals surface area contributed by atoms with Gasteiger partial charge in [0.1, 0.15) is 5.70 Å². The van der Waals surface area contributed by atoms with Crippen molar-refractivity contribution < 1.29 is 4.79 Å². The number of likely N-dealkylation sites (N-methyl/N-ethyl adjacent to an activating group) is 1. The van der Waals surface area contributed by atoms with E-state index in [0.717, 1.165) is 5.56 Å². The minimum atomic E-state index is -0.321. The van der Waals surface area contributed by atoms with Gasteiger partial charge in [0.15, 0.2) is 0 Å². The third-order valence-corrected chi connectivity index (χ3v) is 2.13. The summed E-state index contributed by atoms with van der Waals surface area (Å²) in [6.45, 7) is 0. The molecule has 0 radical (unpaired) electrons. The molecular formula is C10H10N4O. The van der Waals surface area contributed by atoms with Crippen LogP contribution in [0.3, 0.4) is 0 Å². The highest BCUT2D eigenvalue weighted by molar-refractivity contribution is 6.11. The molecule has 76 valence electrons. The second-order valence-electron chi connectivity index (χ2n) is 3.15. The zero-order valence-corrected chi connectivity index (χ0v) is 8.21. The van der Waals surface area contributed by atoms with Gasteiger partial charge in [-0.3, -0.25) is 9.78 Å². The summed E-state index contributed by atoms with van der Waals surface area (Å²) in [5.74, 6) is -0.103. The van der Waals surface area contributed by atoms with Crippen molar-refractivity contribution in [2.24, 2.45) is 10.7 Å². The number of pyridine rings is 1. The molecule has 5 heteroatoms. The van der Waals surface area contributed by atoms with Crippen LogP contribution in [0.2, 0.25) is 0 Å². The summed E-state index contributed by atoms with van der Waals surface area (Å²) in [6.07, 6.45) is 5.05. The van der Waals surface area contributed by atoms with Crippen molar-refractivity contribution in [1.29, 1.82) is 0 Å². The Hall–Kier alpha value is -2.17. The van der Waals surface area contributed by atoms with E-state index in [2.05, 4.69) is 9.98 Å². The fourth-order valence-corrected chi connectivity index (χ4v) is 1.28. The molecule has 0 saturated heterocycles. The van der Waals surface area contributed by atoms with E-state index in [4.69, 9.17) is 5.73 Å². The number of amides is 1. The van der Waals surface area contributed by atoms with Crippen molar-refractivity contribution in [3.8, 4) is 0 Å². The van der Waals surface area contributed by atoms with Gasteiger partial charge in [0.2, 0.25) is 5.96 Å². The van der Waals surface area contributed by atoms with E-state index in [1.54, 1.807) is 36.5 Å². The number of nitrogens with two attached hydrogens (primary N) is 1. The molecule has 0 saturated carbocycles. The van der Waals surface area contributed by atoms with Crippen LogP contribution in [0.5, 0.6) is 0 Å². The number of aromatic nitrogens is 1. The zero-order valence-electron chi connectivity index (χ0n) is 8.21. The van der Waals surface area contributed by atoms with E-state index >= 15 is 0 Å². The lowest BCUT2D eigenvalue weighted by Crippen LogP contribution is -2.28. The Kier molecular flexibility index (Phi) is 2.21. The predicted molar refractivity (Wildman–Crippen MR) is 56.6 cm³/mol. The van der Waals surface area contributed by atoms with E-state index < -0.39 is 0 Å². The number of carbonyl (C=O) groups excluding carboxylic acids is 1. The minimum absolute atomic E-state index is 0.218. The van der Waals surface area contributed by atoms with Gasteiger partial charge in [-0.15, -0.1) is 0 Å². The first-order valence-electron chi connectivity index (χ1n) is 4.42. The second kappa shape index (κ2) is 3.53. The number of nitrogens with zero attached hydrogens (tertiary/aromatic N) is 3. The van der Waals surface area contributed by atoms with Crippen LogP contribution in [-0.4, -0.2) is 28.8 Å². The van der Waals surface area contributed by atoms with Crippen molar-refractivity contribution in [3.63, 3.8) is 0 Å². The van der Waals surface area contributed by atoms with Crippen molar-refractivity contribution in [2.45, 2.75) is 0 Å². The highest BCUT2D eigenvalue weighted by Crippen LogP contribution is 2.15. The number of carbonyl (C=O) groups is 1. The van der Waals surface area contributed by atoms with Crippen LogP contribution in [-0.2, 0) is 4.79 Å². The van der Waals surface area contributed by atoms with Gasteiger partial charge >= 0.3 is 0 Å². The molecule has 0 aromatic carbocycles. The molecule has 0 atom stereocenters. The van der Waals surface area contributed by atoms with E-state index in [0.29, 0.717) is 5.70 Å². The Morgan fingerprint density at radius 3 is 2.87 bits per heavy atom. The minimum Gasteiger partial charge on any atom is -0.369 e. The van der Waals surface area contributed by atoms with Gasteiger partial charge in [-0.2, -0.15) is 4.99 Å². The van der Waals surface area contributed by atoms with Gasteiger partial charge in [0.05, 0.1) is 0 Å². The molecule has 0 fully saturated rings. The lowest BCUT2D eigenvalue weighted by molar-refractivity contribution is -0.114. The second-order valence-corrected chi connectivity index (χ2v) is 3.15. The molecule has 1 aromatic rings. The SMILES string of the molecule is CN1C(=Cc2cccnc2)C(=O)N=C1N. The quantitative estimate of drug-likeness (QED) is 0.661. The molecule has 2 rings (SSSR count). The van der Waals surface area contributed by atoms with Gasteiger partial charge in [0.25, 0.3) is 5.91 Å². The van der Waals surface area contributed by atoms with E-state index in [1.807, 2.05) is 6.07 Å². The Morgan fingerprint density at radius 1 is 1.53 bits per heavy atom. The summed E-state index contributed by atoms with van der Waals surface area (Å²) in [6, 6.07) is 3.66. The Bertz CT molecular complexity index is 450. The summed E-state index contributed by atoms with van der Waals surface area (Å²) >= 11 is 0. The maximum absolute atomic E-state index is 11.4. The zero-order chi connectivity index (χ0) is 10.8. The van der Waals surface area contributed by atoms with Gasteiger partial charge in [-0.25, -0.2) is 0 Å². The van der Waals surface area contributed by atoms with E-state index in [1.165, 1.54) is 0 Å². The topological polar surface area (TPSA) is 71.6 Å². The van der Waals surface area contributed by atoms with Gasteiger partial charge in [0, 0.05) is 19.4 Å². The van der Waals surface area contributed by atoms with Crippen LogP contribution in [0.4, 0.5) is 0 Å². The molecule has 15 heavy (non-hydrogen) atoms. The molecule has 5 nitrogen and oxygen atoms in total. The maximum Gasteiger partial charge on any atom is 0.296 e. The fourth-order valence-electron chi connectivity index (χ4n) is 1.28. The highest BCUT2D eigenvalue weighted by Gasteiger charge is 2.23. The van der Waals surface area contributed by atoms with Crippen molar-refractivity contribution in [1.82, 2.24) is 9.88 Å². The Balaban J connectivity index is 2.34. The van der Waals surface area contributed by atoms with Gasteiger partial charge in [-0.05, 0) is 17.7 Å². The average molecular weight is 202 g/mol. The third-order valence-electron chi connectivity index (χ3n) is 2.13. The van der Waals surface area contributed by atoms with Crippen LogP contribution in [0.15, 0.2) is 35.2 Å². The number of hydrogen-bond acceptors (Lipinski definition) is 4. The molecule has 0 unspecified atom stereocenters. The molecule has 1 aliphatic heterocycles. The fraction of sp³-hybridized carbons (Fsp3) is 0.100. The Labute approximate surface area is 86.9 Å². The molecule has 0 bridgehead atoms. The average Bonchev–Trinajstić information content (AvgIpc) is 2.47. The highest BCUT2D eigenvalue weighted by atomic mass is 16.2. The van der Waals surface area contributed by atoms with Crippen molar-refractivity contribution in [2.75, 3.05) is 7.05 Å². The largest absolute Gasteiger partial charge is 0.369 e.